The molecule has 1 saturated carbocycles. The van der Waals surface area contributed by atoms with Gasteiger partial charge in [-0.15, -0.1) is 0 Å². The van der Waals surface area contributed by atoms with Crippen molar-refractivity contribution in [3.8, 4) is 5.75 Å². The highest BCUT2D eigenvalue weighted by Crippen LogP contribution is 2.44. The number of rotatable bonds is 3. The molecule has 1 aromatic rings. The maximum absolute atomic E-state index is 10.2. The van der Waals surface area contributed by atoms with Crippen molar-refractivity contribution >= 4 is 0 Å². The Morgan fingerprint density at radius 1 is 1.25 bits per heavy atom. The average Bonchev–Trinajstić information content (AvgIpc) is 2.90. The van der Waals surface area contributed by atoms with E-state index in [4.69, 9.17) is 4.74 Å². The maximum atomic E-state index is 10.2. The summed E-state index contributed by atoms with van der Waals surface area (Å²) in [7, 11) is 0. The summed E-state index contributed by atoms with van der Waals surface area (Å²) in [5, 5.41) is 13.9. The standard InChI is InChI=1S/C17H25NO2/c1-16(2)11-17(12-19,18-13-7-3-4-8-13)14-9-5-6-10-15(14)20-16/h5-6,9-10,13,18-19H,3-4,7-8,11-12H2,1-2H3. The molecule has 1 atom stereocenters. The van der Waals surface area contributed by atoms with Crippen molar-refractivity contribution in [1.29, 1.82) is 0 Å². The van der Waals surface area contributed by atoms with Gasteiger partial charge >= 0.3 is 0 Å². The molecule has 0 radical (unpaired) electrons. The predicted molar refractivity (Wildman–Crippen MR) is 79.9 cm³/mol. The van der Waals surface area contributed by atoms with Crippen LogP contribution in [0.4, 0.5) is 0 Å². The van der Waals surface area contributed by atoms with Gasteiger partial charge in [0.1, 0.15) is 11.4 Å². The lowest BCUT2D eigenvalue weighted by molar-refractivity contribution is 0.00414. The summed E-state index contributed by atoms with van der Waals surface area (Å²) in [6.45, 7) is 4.32. The van der Waals surface area contributed by atoms with Gasteiger partial charge in [-0.2, -0.15) is 0 Å². The monoisotopic (exact) mass is 275 g/mol. The van der Waals surface area contributed by atoms with Gasteiger partial charge in [-0.3, -0.25) is 0 Å². The van der Waals surface area contributed by atoms with Gasteiger partial charge in [0, 0.05) is 18.0 Å². The van der Waals surface area contributed by atoms with Gasteiger partial charge < -0.3 is 15.2 Å². The van der Waals surface area contributed by atoms with Crippen LogP contribution in [0.3, 0.4) is 0 Å². The first-order valence-electron chi connectivity index (χ1n) is 7.72. The zero-order chi connectivity index (χ0) is 14.2. The van der Waals surface area contributed by atoms with Gasteiger partial charge in [0.2, 0.25) is 0 Å². The minimum atomic E-state index is -0.368. The fraction of sp³-hybridized carbons (Fsp3) is 0.647. The summed E-state index contributed by atoms with van der Waals surface area (Å²) >= 11 is 0. The highest BCUT2D eigenvalue weighted by molar-refractivity contribution is 5.42. The molecule has 0 saturated heterocycles. The van der Waals surface area contributed by atoms with Crippen LogP contribution in [-0.2, 0) is 5.54 Å². The van der Waals surface area contributed by atoms with E-state index in [9.17, 15) is 5.11 Å². The molecule has 110 valence electrons. The summed E-state index contributed by atoms with van der Waals surface area (Å²) < 4.78 is 6.09. The first kappa shape index (κ1) is 13.9. The summed E-state index contributed by atoms with van der Waals surface area (Å²) in [5.41, 5.74) is 0.476. The topological polar surface area (TPSA) is 41.5 Å². The van der Waals surface area contributed by atoms with Crippen LogP contribution in [0.5, 0.6) is 5.75 Å². The lowest BCUT2D eigenvalue weighted by Crippen LogP contribution is -2.57. The molecule has 1 fully saturated rings. The van der Waals surface area contributed by atoms with E-state index in [1.165, 1.54) is 25.7 Å². The second-order valence-corrected chi connectivity index (χ2v) is 6.90. The zero-order valence-corrected chi connectivity index (χ0v) is 12.5. The van der Waals surface area contributed by atoms with Gasteiger partial charge in [0.15, 0.2) is 0 Å². The predicted octanol–water partition coefficient (Wildman–Crippen LogP) is 2.97. The third kappa shape index (κ3) is 2.45. The van der Waals surface area contributed by atoms with Crippen molar-refractivity contribution in [1.82, 2.24) is 5.32 Å². The lowest BCUT2D eigenvalue weighted by atomic mass is 9.77. The highest BCUT2D eigenvalue weighted by atomic mass is 16.5. The Hall–Kier alpha value is -1.06. The SMILES string of the molecule is CC1(C)CC(CO)(NC2CCCC2)c2ccccc2O1. The molecule has 1 heterocycles. The normalized spacial score (nSPS) is 28.9. The van der Waals surface area contributed by atoms with Crippen molar-refractivity contribution < 1.29 is 9.84 Å². The second kappa shape index (κ2) is 5.05. The Bertz CT molecular complexity index is 480. The molecule has 0 spiro atoms. The molecule has 0 aromatic heterocycles. The molecule has 0 bridgehead atoms. The number of benzene rings is 1. The largest absolute Gasteiger partial charge is 0.487 e. The van der Waals surface area contributed by atoms with E-state index in [0.717, 1.165) is 17.7 Å². The highest BCUT2D eigenvalue weighted by Gasteiger charge is 2.45. The van der Waals surface area contributed by atoms with E-state index < -0.39 is 0 Å². The minimum Gasteiger partial charge on any atom is -0.487 e. The third-order valence-electron chi connectivity index (χ3n) is 4.62. The van der Waals surface area contributed by atoms with Crippen LogP contribution < -0.4 is 10.1 Å². The van der Waals surface area contributed by atoms with E-state index in [1.807, 2.05) is 18.2 Å². The van der Waals surface area contributed by atoms with Gasteiger partial charge in [-0.1, -0.05) is 31.0 Å². The van der Waals surface area contributed by atoms with E-state index in [0.29, 0.717) is 6.04 Å². The first-order chi connectivity index (χ1) is 9.55. The summed E-state index contributed by atoms with van der Waals surface area (Å²) in [6, 6.07) is 8.64. The van der Waals surface area contributed by atoms with Gasteiger partial charge in [-0.25, -0.2) is 0 Å². The molecular formula is C17H25NO2. The molecule has 1 aliphatic carbocycles. The molecule has 2 aliphatic rings. The van der Waals surface area contributed by atoms with Crippen molar-refractivity contribution in [2.45, 2.75) is 63.1 Å². The van der Waals surface area contributed by atoms with Crippen molar-refractivity contribution in [3.63, 3.8) is 0 Å². The van der Waals surface area contributed by atoms with Crippen molar-refractivity contribution in [2.24, 2.45) is 0 Å². The number of aliphatic hydroxyl groups is 1. The van der Waals surface area contributed by atoms with Gasteiger partial charge in [0.25, 0.3) is 0 Å². The van der Waals surface area contributed by atoms with Crippen LogP contribution in [0.2, 0.25) is 0 Å². The number of nitrogens with one attached hydrogen (secondary N) is 1. The van der Waals surface area contributed by atoms with E-state index >= 15 is 0 Å². The van der Waals surface area contributed by atoms with Crippen LogP contribution in [-0.4, -0.2) is 23.4 Å². The fourth-order valence-corrected chi connectivity index (χ4v) is 3.88. The Balaban J connectivity index is 1.99. The van der Waals surface area contributed by atoms with E-state index in [1.54, 1.807) is 0 Å². The number of para-hydroxylation sites is 1. The first-order valence-corrected chi connectivity index (χ1v) is 7.72. The molecular weight excluding hydrogens is 250 g/mol. The number of aliphatic hydroxyl groups excluding tert-OH is 1. The number of hydrogen-bond acceptors (Lipinski definition) is 3. The summed E-state index contributed by atoms with van der Waals surface area (Å²) in [5.74, 6) is 0.906. The molecule has 1 aliphatic heterocycles. The van der Waals surface area contributed by atoms with E-state index in [-0.39, 0.29) is 17.7 Å². The molecule has 2 N–H and O–H groups in total. The Morgan fingerprint density at radius 2 is 1.95 bits per heavy atom. The number of hydrogen-bond donors (Lipinski definition) is 2. The Morgan fingerprint density at radius 3 is 2.65 bits per heavy atom. The second-order valence-electron chi connectivity index (χ2n) is 6.90. The van der Waals surface area contributed by atoms with E-state index in [2.05, 4.69) is 25.2 Å². The maximum Gasteiger partial charge on any atom is 0.125 e. The molecule has 3 nitrogen and oxygen atoms in total. The van der Waals surface area contributed by atoms with Crippen LogP contribution in [0.25, 0.3) is 0 Å². The number of fused-ring (bicyclic) bond motifs is 1. The van der Waals surface area contributed by atoms with Gasteiger partial charge in [0.05, 0.1) is 12.1 Å². The smallest absolute Gasteiger partial charge is 0.125 e. The molecule has 1 unspecified atom stereocenters. The Kier molecular flexibility index (Phi) is 3.51. The van der Waals surface area contributed by atoms with Crippen LogP contribution in [0.1, 0.15) is 51.5 Å². The minimum absolute atomic E-state index is 0.118. The molecule has 3 heteroatoms. The molecule has 0 amide bonds. The lowest BCUT2D eigenvalue weighted by Gasteiger charge is -2.47. The van der Waals surface area contributed by atoms with Crippen LogP contribution in [0, 0.1) is 0 Å². The van der Waals surface area contributed by atoms with Crippen LogP contribution in [0.15, 0.2) is 24.3 Å². The Labute approximate surface area is 121 Å². The average molecular weight is 275 g/mol. The van der Waals surface area contributed by atoms with Crippen molar-refractivity contribution in [2.75, 3.05) is 6.61 Å². The molecule has 1 aromatic carbocycles. The summed E-state index contributed by atoms with van der Waals surface area (Å²) in [4.78, 5) is 0. The molecule has 20 heavy (non-hydrogen) atoms. The third-order valence-corrected chi connectivity index (χ3v) is 4.62. The fourth-order valence-electron chi connectivity index (χ4n) is 3.88. The number of ether oxygens (including phenoxy) is 1. The van der Waals surface area contributed by atoms with Gasteiger partial charge in [-0.05, 0) is 32.8 Å². The quantitative estimate of drug-likeness (QED) is 0.891. The van der Waals surface area contributed by atoms with Crippen LogP contribution >= 0.6 is 0 Å². The van der Waals surface area contributed by atoms with Crippen molar-refractivity contribution in [3.05, 3.63) is 29.8 Å². The molecule has 3 rings (SSSR count). The summed E-state index contributed by atoms with van der Waals surface area (Å²) in [6.07, 6.45) is 5.81. The zero-order valence-electron chi connectivity index (χ0n) is 12.5.